The predicted molar refractivity (Wildman–Crippen MR) is 71.0 cm³/mol. The van der Waals surface area contributed by atoms with Crippen LogP contribution >= 0.6 is 0 Å². The molecule has 0 aliphatic heterocycles. The Hall–Kier alpha value is -2.21. The smallest absolute Gasteiger partial charge is 0.234 e. The van der Waals surface area contributed by atoms with Crippen LogP contribution < -0.4 is 10.6 Å². The fraction of sp³-hybridized carbons (Fsp3) is 0.308. The first-order valence-electron chi connectivity index (χ1n) is 6.10. The largest absolute Gasteiger partial charge is 0.351 e. The van der Waals surface area contributed by atoms with E-state index in [1.54, 1.807) is 4.68 Å². The minimum absolute atomic E-state index is 0.0345. The van der Waals surface area contributed by atoms with Crippen molar-refractivity contribution in [3.8, 4) is 0 Å². The zero-order valence-corrected chi connectivity index (χ0v) is 10.8. The first-order valence-corrected chi connectivity index (χ1v) is 6.10. The third-order valence-electron chi connectivity index (χ3n) is 2.57. The Morgan fingerprint density at radius 2 is 2.05 bits per heavy atom. The highest BCUT2D eigenvalue weighted by molar-refractivity contribution is 5.77. The predicted octanol–water partition coefficient (Wildman–Crippen LogP) is 0.221. The average Bonchev–Trinajstić information content (AvgIpc) is 2.83. The molecular weight excluding hydrogens is 242 g/mol. The zero-order valence-electron chi connectivity index (χ0n) is 10.8. The van der Waals surface area contributed by atoms with Crippen molar-refractivity contribution in [2.45, 2.75) is 13.1 Å². The monoisotopic (exact) mass is 259 g/mol. The highest BCUT2D eigenvalue weighted by Crippen LogP contribution is 1.96. The number of carbonyl (C=O) groups excluding carboxylic acids is 1. The molecule has 1 aromatic heterocycles. The second-order valence-corrected chi connectivity index (χ2v) is 4.25. The van der Waals surface area contributed by atoms with Gasteiger partial charge in [-0.05, 0) is 5.56 Å². The first kappa shape index (κ1) is 13.2. The van der Waals surface area contributed by atoms with Crippen LogP contribution in [-0.2, 0) is 24.9 Å². The van der Waals surface area contributed by atoms with Crippen LogP contribution in [0.5, 0.6) is 0 Å². The van der Waals surface area contributed by atoms with Gasteiger partial charge in [0.2, 0.25) is 5.91 Å². The molecule has 6 nitrogen and oxygen atoms in total. The van der Waals surface area contributed by atoms with E-state index >= 15 is 0 Å². The van der Waals surface area contributed by atoms with E-state index in [9.17, 15) is 4.79 Å². The maximum absolute atomic E-state index is 11.6. The minimum Gasteiger partial charge on any atom is -0.351 e. The van der Waals surface area contributed by atoms with Crippen molar-refractivity contribution >= 4 is 5.91 Å². The number of hydrogen-bond acceptors (Lipinski definition) is 4. The number of benzene rings is 1. The van der Waals surface area contributed by atoms with Gasteiger partial charge in [-0.3, -0.25) is 9.48 Å². The van der Waals surface area contributed by atoms with Crippen LogP contribution in [0.25, 0.3) is 0 Å². The standard InChI is InChI=1S/C13H17N5O/c1-18-10-12(16-17-18)8-14-9-13(19)15-7-11-5-3-2-4-6-11/h2-6,10,14H,7-9H2,1H3,(H,15,19). The van der Waals surface area contributed by atoms with E-state index in [0.717, 1.165) is 11.3 Å². The molecule has 0 saturated heterocycles. The van der Waals surface area contributed by atoms with Crippen LogP contribution in [-0.4, -0.2) is 27.4 Å². The summed E-state index contributed by atoms with van der Waals surface area (Å²) in [6.45, 7) is 1.35. The zero-order chi connectivity index (χ0) is 13.5. The van der Waals surface area contributed by atoms with Gasteiger partial charge in [0.15, 0.2) is 0 Å². The summed E-state index contributed by atoms with van der Waals surface area (Å²) in [5, 5.41) is 13.6. The highest BCUT2D eigenvalue weighted by atomic mass is 16.1. The summed E-state index contributed by atoms with van der Waals surface area (Å²) in [6.07, 6.45) is 1.81. The van der Waals surface area contributed by atoms with Crippen molar-refractivity contribution in [3.63, 3.8) is 0 Å². The molecule has 0 saturated carbocycles. The lowest BCUT2D eigenvalue weighted by Crippen LogP contribution is -2.33. The maximum atomic E-state index is 11.6. The number of nitrogens with zero attached hydrogens (tertiary/aromatic N) is 3. The van der Waals surface area contributed by atoms with E-state index in [-0.39, 0.29) is 12.5 Å². The Morgan fingerprint density at radius 1 is 1.26 bits per heavy atom. The van der Waals surface area contributed by atoms with Gasteiger partial charge in [0.25, 0.3) is 0 Å². The van der Waals surface area contributed by atoms with Crippen LogP contribution in [0.4, 0.5) is 0 Å². The minimum atomic E-state index is -0.0345. The van der Waals surface area contributed by atoms with Crippen LogP contribution in [0, 0.1) is 0 Å². The van der Waals surface area contributed by atoms with Gasteiger partial charge >= 0.3 is 0 Å². The number of aryl methyl sites for hydroxylation is 1. The molecule has 2 rings (SSSR count). The van der Waals surface area contributed by atoms with E-state index in [1.165, 1.54) is 0 Å². The van der Waals surface area contributed by atoms with E-state index in [4.69, 9.17) is 0 Å². The lowest BCUT2D eigenvalue weighted by Gasteiger charge is -2.05. The lowest BCUT2D eigenvalue weighted by molar-refractivity contribution is -0.120. The molecule has 0 bridgehead atoms. The van der Waals surface area contributed by atoms with Gasteiger partial charge in [-0.2, -0.15) is 0 Å². The lowest BCUT2D eigenvalue weighted by atomic mass is 10.2. The molecule has 0 unspecified atom stereocenters. The van der Waals surface area contributed by atoms with Crippen molar-refractivity contribution in [2.24, 2.45) is 7.05 Å². The summed E-state index contributed by atoms with van der Waals surface area (Å²) < 4.78 is 1.63. The normalized spacial score (nSPS) is 10.4. The van der Waals surface area contributed by atoms with Crippen molar-refractivity contribution in [3.05, 3.63) is 47.8 Å². The van der Waals surface area contributed by atoms with Crippen LogP contribution in [0.15, 0.2) is 36.5 Å². The molecule has 19 heavy (non-hydrogen) atoms. The molecule has 0 aliphatic rings. The summed E-state index contributed by atoms with van der Waals surface area (Å²) in [5.41, 5.74) is 1.91. The molecule has 100 valence electrons. The number of hydrogen-bond donors (Lipinski definition) is 2. The second-order valence-electron chi connectivity index (χ2n) is 4.25. The van der Waals surface area contributed by atoms with Gasteiger partial charge in [0.1, 0.15) is 0 Å². The van der Waals surface area contributed by atoms with E-state index in [1.807, 2.05) is 43.6 Å². The van der Waals surface area contributed by atoms with E-state index < -0.39 is 0 Å². The summed E-state index contributed by atoms with van der Waals surface area (Å²) in [7, 11) is 1.81. The molecule has 6 heteroatoms. The third kappa shape index (κ3) is 4.51. The molecule has 2 N–H and O–H groups in total. The SMILES string of the molecule is Cn1cc(CNCC(=O)NCc2ccccc2)nn1. The van der Waals surface area contributed by atoms with Crippen molar-refractivity contribution in [1.82, 2.24) is 25.6 Å². The molecule has 0 atom stereocenters. The summed E-state index contributed by atoms with van der Waals surface area (Å²) in [5.74, 6) is -0.0345. The van der Waals surface area contributed by atoms with Gasteiger partial charge in [0, 0.05) is 26.3 Å². The topological polar surface area (TPSA) is 71.8 Å². The average molecular weight is 259 g/mol. The van der Waals surface area contributed by atoms with Gasteiger partial charge in [-0.1, -0.05) is 35.5 Å². The van der Waals surface area contributed by atoms with Crippen molar-refractivity contribution < 1.29 is 4.79 Å². The Balaban J connectivity index is 1.65. The second kappa shape index (κ2) is 6.65. The Kier molecular flexibility index (Phi) is 4.63. The number of rotatable bonds is 6. The summed E-state index contributed by atoms with van der Waals surface area (Å²) >= 11 is 0. The molecule has 0 fully saturated rings. The quantitative estimate of drug-likeness (QED) is 0.778. The van der Waals surface area contributed by atoms with Crippen molar-refractivity contribution in [2.75, 3.05) is 6.54 Å². The van der Waals surface area contributed by atoms with E-state index in [0.29, 0.717) is 13.1 Å². The fourth-order valence-corrected chi connectivity index (χ4v) is 1.64. The summed E-state index contributed by atoms with van der Waals surface area (Å²) in [4.78, 5) is 11.6. The number of amides is 1. The fourth-order valence-electron chi connectivity index (χ4n) is 1.64. The van der Waals surface area contributed by atoms with Crippen LogP contribution in [0.2, 0.25) is 0 Å². The first-order chi connectivity index (χ1) is 9.24. The third-order valence-corrected chi connectivity index (χ3v) is 2.57. The highest BCUT2D eigenvalue weighted by Gasteiger charge is 2.02. The Morgan fingerprint density at radius 3 is 2.74 bits per heavy atom. The van der Waals surface area contributed by atoms with E-state index in [2.05, 4.69) is 20.9 Å². The van der Waals surface area contributed by atoms with Crippen LogP contribution in [0.1, 0.15) is 11.3 Å². The Labute approximate surface area is 111 Å². The molecule has 0 radical (unpaired) electrons. The Bertz CT molecular complexity index is 523. The van der Waals surface area contributed by atoms with Gasteiger partial charge in [0.05, 0.1) is 12.2 Å². The molecule has 2 aromatic rings. The molecular formula is C13H17N5O. The molecule has 0 aliphatic carbocycles. The maximum Gasteiger partial charge on any atom is 0.234 e. The molecule has 1 aromatic carbocycles. The molecule has 1 heterocycles. The molecule has 1 amide bonds. The number of carbonyl (C=O) groups is 1. The van der Waals surface area contributed by atoms with Gasteiger partial charge in [-0.25, -0.2) is 0 Å². The number of aromatic nitrogens is 3. The van der Waals surface area contributed by atoms with Gasteiger partial charge < -0.3 is 10.6 Å². The van der Waals surface area contributed by atoms with Crippen molar-refractivity contribution in [1.29, 1.82) is 0 Å². The van der Waals surface area contributed by atoms with Crippen LogP contribution in [0.3, 0.4) is 0 Å². The molecule has 0 spiro atoms. The van der Waals surface area contributed by atoms with Gasteiger partial charge in [-0.15, -0.1) is 5.10 Å². The summed E-state index contributed by atoms with van der Waals surface area (Å²) in [6, 6.07) is 9.82. The number of nitrogens with one attached hydrogen (secondary N) is 2.